The molecular weight excluding hydrogens is 314 g/mol. The first-order chi connectivity index (χ1) is 10.7. The summed E-state index contributed by atoms with van der Waals surface area (Å²) in [7, 11) is -3.02. The lowest BCUT2D eigenvalue weighted by atomic mass is 10.0. The number of benzene rings is 1. The molecule has 1 fully saturated rings. The molecule has 23 heavy (non-hydrogen) atoms. The Morgan fingerprint density at radius 1 is 1.30 bits per heavy atom. The molecule has 1 N–H and O–H groups in total. The topological polar surface area (TPSA) is 72.5 Å². The summed E-state index contributed by atoms with van der Waals surface area (Å²) in [4.78, 5) is 12.0. The van der Waals surface area contributed by atoms with E-state index in [9.17, 15) is 13.2 Å². The standard InChI is InChI=1S/C17H25NO4S/c1-13(2)14-4-6-15(7-5-14)22-10-8-16(19)18-17(3)9-11-23(20,21)12-17/h4-7,13H,8-12H2,1-3H3,(H,18,19)/t17-/m1/s1. The van der Waals surface area contributed by atoms with Gasteiger partial charge in [0, 0.05) is 0 Å². The van der Waals surface area contributed by atoms with Gasteiger partial charge in [-0.15, -0.1) is 0 Å². The average molecular weight is 339 g/mol. The fourth-order valence-corrected chi connectivity index (χ4v) is 4.81. The Labute approximate surface area is 138 Å². The van der Waals surface area contributed by atoms with E-state index in [1.807, 2.05) is 24.3 Å². The van der Waals surface area contributed by atoms with Gasteiger partial charge in [-0.25, -0.2) is 8.42 Å². The quantitative estimate of drug-likeness (QED) is 0.863. The third-order valence-electron chi connectivity index (χ3n) is 4.09. The predicted octanol–water partition coefficient (Wildman–Crippen LogP) is 2.27. The van der Waals surface area contributed by atoms with Gasteiger partial charge in [0.25, 0.3) is 0 Å². The molecule has 0 radical (unpaired) electrons. The Morgan fingerprint density at radius 2 is 1.96 bits per heavy atom. The Kier molecular flexibility index (Phi) is 5.34. The van der Waals surface area contributed by atoms with Gasteiger partial charge in [0.2, 0.25) is 5.91 Å². The van der Waals surface area contributed by atoms with E-state index < -0.39 is 15.4 Å². The fourth-order valence-electron chi connectivity index (χ4n) is 2.72. The van der Waals surface area contributed by atoms with Gasteiger partial charge in [-0.1, -0.05) is 26.0 Å². The van der Waals surface area contributed by atoms with Crippen molar-refractivity contribution in [1.82, 2.24) is 5.32 Å². The predicted molar refractivity (Wildman–Crippen MR) is 90.5 cm³/mol. The van der Waals surface area contributed by atoms with Crippen LogP contribution in [0, 0.1) is 0 Å². The van der Waals surface area contributed by atoms with Crippen LogP contribution in [-0.2, 0) is 14.6 Å². The van der Waals surface area contributed by atoms with Crippen molar-refractivity contribution < 1.29 is 17.9 Å². The van der Waals surface area contributed by atoms with E-state index >= 15 is 0 Å². The molecule has 0 aliphatic carbocycles. The molecule has 1 aliphatic heterocycles. The van der Waals surface area contributed by atoms with Crippen molar-refractivity contribution in [2.75, 3.05) is 18.1 Å². The summed E-state index contributed by atoms with van der Waals surface area (Å²) in [5.41, 5.74) is 0.597. The van der Waals surface area contributed by atoms with Crippen LogP contribution in [0.1, 0.15) is 45.1 Å². The highest BCUT2D eigenvalue weighted by Crippen LogP contribution is 2.23. The molecule has 1 atom stereocenters. The highest BCUT2D eigenvalue weighted by atomic mass is 32.2. The molecule has 1 saturated heterocycles. The number of carbonyl (C=O) groups is 1. The molecular formula is C17H25NO4S. The lowest BCUT2D eigenvalue weighted by Gasteiger charge is -2.23. The minimum Gasteiger partial charge on any atom is -0.493 e. The zero-order valence-corrected chi connectivity index (χ0v) is 14.8. The van der Waals surface area contributed by atoms with Gasteiger partial charge in [0.05, 0.1) is 30.1 Å². The number of hydrogen-bond acceptors (Lipinski definition) is 4. The first-order valence-corrected chi connectivity index (χ1v) is 9.75. The second kappa shape index (κ2) is 6.91. The van der Waals surface area contributed by atoms with Crippen molar-refractivity contribution in [3.8, 4) is 5.75 Å². The van der Waals surface area contributed by atoms with Crippen LogP contribution >= 0.6 is 0 Å². The summed E-state index contributed by atoms with van der Waals surface area (Å²) in [5.74, 6) is 1.18. The molecule has 0 spiro atoms. The fraction of sp³-hybridized carbons (Fsp3) is 0.588. The maximum atomic E-state index is 12.0. The Hall–Kier alpha value is -1.56. The number of sulfone groups is 1. The van der Waals surface area contributed by atoms with Crippen LogP contribution in [0.2, 0.25) is 0 Å². The van der Waals surface area contributed by atoms with Gasteiger partial charge in [-0.3, -0.25) is 4.79 Å². The molecule has 1 aromatic rings. The highest BCUT2D eigenvalue weighted by molar-refractivity contribution is 7.91. The van der Waals surface area contributed by atoms with Gasteiger partial charge < -0.3 is 10.1 Å². The largest absolute Gasteiger partial charge is 0.493 e. The zero-order valence-electron chi connectivity index (χ0n) is 14.0. The molecule has 0 bridgehead atoms. The number of ether oxygens (including phenoxy) is 1. The highest BCUT2D eigenvalue weighted by Gasteiger charge is 2.39. The van der Waals surface area contributed by atoms with E-state index in [1.54, 1.807) is 6.92 Å². The van der Waals surface area contributed by atoms with Gasteiger partial charge in [0.15, 0.2) is 9.84 Å². The number of amides is 1. The summed E-state index contributed by atoms with van der Waals surface area (Å²) < 4.78 is 28.6. The Morgan fingerprint density at radius 3 is 2.48 bits per heavy atom. The minimum atomic E-state index is -3.02. The summed E-state index contributed by atoms with van der Waals surface area (Å²) in [6.45, 7) is 6.31. The number of hydrogen-bond donors (Lipinski definition) is 1. The molecule has 1 aliphatic rings. The lowest BCUT2D eigenvalue weighted by Crippen LogP contribution is -2.47. The molecule has 1 heterocycles. The van der Waals surface area contributed by atoms with Crippen LogP contribution in [0.5, 0.6) is 5.75 Å². The van der Waals surface area contributed by atoms with Crippen LogP contribution in [0.3, 0.4) is 0 Å². The number of carbonyl (C=O) groups excluding carboxylic acids is 1. The summed E-state index contributed by atoms with van der Waals surface area (Å²) in [6, 6.07) is 7.84. The van der Waals surface area contributed by atoms with Crippen LogP contribution < -0.4 is 10.1 Å². The van der Waals surface area contributed by atoms with Crippen molar-refractivity contribution in [2.24, 2.45) is 0 Å². The minimum absolute atomic E-state index is 0.0171. The Balaban J connectivity index is 1.77. The van der Waals surface area contributed by atoms with Crippen molar-refractivity contribution in [3.05, 3.63) is 29.8 Å². The molecule has 128 valence electrons. The summed E-state index contributed by atoms with van der Waals surface area (Å²) in [6.07, 6.45) is 0.681. The summed E-state index contributed by atoms with van der Waals surface area (Å²) >= 11 is 0. The molecule has 1 amide bonds. The van der Waals surface area contributed by atoms with Gasteiger partial charge >= 0.3 is 0 Å². The van der Waals surface area contributed by atoms with E-state index in [0.29, 0.717) is 12.3 Å². The first kappa shape index (κ1) is 17.8. The molecule has 6 heteroatoms. The first-order valence-electron chi connectivity index (χ1n) is 7.93. The maximum Gasteiger partial charge on any atom is 0.223 e. The zero-order chi connectivity index (χ0) is 17.1. The van der Waals surface area contributed by atoms with Crippen molar-refractivity contribution in [1.29, 1.82) is 0 Å². The van der Waals surface area contributed by atoms with Crippen LogP contribution in [0.25, 0.3) is 0 Å². The lowest BCUT2D eigenvalue weighted by molar-refractivity contribution is -0.123. The third-order valence-corrected chi connectivity index (χ3v) is 5.99. The van der Waals surface area contributed by atoms with Crippen LogP contribution in [-0.4, -0.2) is 38.0 Å². The van der Waals surface area contributed by atoms with Crippen molar-refractivity contribution in [2.45, 2.75) is 45.1 Å². The number of nitrogens with one attached hydrogen (secondary N) is 1. The van der Waals surface area contributed by atoms with Crippen LogP contribution in [0.4, 0.5) is 0 Å². The third kappa shape index (κ3) is 5.23. The molecule has 5 nitrogen and oxygen atoms in total. The van der Waals surface area contributed by atoms with Crippen molar-refractivity contribution in [3.63, 3.8) is 0 Å². The van der Waals surface area contributed by atoms with E-state index in [1.165, 1.54) is 5.56 Å². The van der Waals surface area contributed by atoms with E-state index in [2.05, 4.69) is 19.2 Å². The van der Waals surface area contributed by atoms with Crippen LogP contribution in [0.15, 0.2) is 24.3 Å². The molecule has 2 rings (SSSR count). The number of rotatable bonds is 6. The molecule has 0 aromatic heterocycles. The van der Waals surface area contributed by atoms with Gasteiger partial charge in [0.1, 0.15) is 5.75 Å². The molecule has 0 unspecified atom stereocenters. The normalized spacial score (nSPS) is 23.0. The second-order valence-electron chi connectivity index (χ2n) is 6.77. The molecule has 0 saturated carbocycles. The second-order valence-corrected chi connectivity index (χ2v) is 8.96. The summed E-state index contributed by atoms with van der Waals surface area (Å²) in [5, 5.41) is 2.82. The van der Waals surface area contributed by atoms with E-state index in [-0.39, 0.29) is 30.4 Å². The SMILES string of the molecule is CC(C)c1ccc(OCCC(=O)N[C@]2(C)CCS(=O)(=O)C2)cc1. The monoisotopic (exact) mass is 339 g/mol. The average Bonchev–Trinajstić information content (AvgIpc) is 2.72. The maximum absolute atomic E-state index is 12.0. The van der Waals surface area contributed by atoms with Crippen molar-refractivity contribution >= 4 is 15.7 Å². The molecule has 1 aromatic carbocycles. The smallest absolute Gasteiger partial charge is 0.223 e. The van der Waals surface area contributed by atoms with E-state index in [0.717, 1.165) is 5.75 Å². The van der Waals surface area contributed by atoms with Gasteiger partial charge in [-0.05, 0) is 37.0 Å². The Bertz CT molecular complexity index is 652. The van der Waals surface area contributed by atoms with Gasteiger partial charge in [-0.2, -0.15) is 0 Å². The van der Waals surface area contributed by atoms with E-state index in [4.69, 9.17) is 4.74 Å².